The summed E-state index contributed by atoms with van der Waals surface area (Å²) >= 11 is 8.96. The molecule has 0 fully saturated rings. The Morgan fingerprint density at radius 2 is 2.14 bits per heavy atom. The molecule has 0 unspecified atom stereocenters. The van der Waals surface area contributed by atoms with Crippen molar-refractivity contribution < 1.29 is 4.79 Å². The van der Waals surface area contributed by atoms with Gasteiger partial charge in [0.25, 0.3) is 0 Å². The van der Waals surface area contributed by atoms with E-state index in [1.54, 1.807) is 0 Å². The van der Waals surface area contributed by atoms with Crippen molar-refractivity contribution in [1.29, 1.82) is 0 Å². The summed E-state index contributed by atoms with van der Waals surface area (Å²) in [6.07, 6.45) is 1.92. The van der Waals surface area contributed by atoms with Crippen molar-refractivity contribution in [1.82, 2.24) is 10.3 Å². The van der Waals surface area contributed by atoms with Gasteiger partial charge in [0.05, 0.1) is 26.9 Å². The van der Waals surface area contributed by atoms with Gasteiger partial charge >= 0.3 is 0 Å². The second kappa shape index (κ2) is 7.55. The number of rotatable bonds is 7. The Balaban J connectivity index is 2.02. The van der Waals surface area contributed by atoms with Gasteiger partial charge in [0.15, 0.2) is 0 Å². The van der Waals surface area contributed by atoms with E-state index in [4.69, 9.17) is 17.3 Å². The van der Waals surface area contributed by atoms with Crippen LogP contribution in [0.1, 0.15) is 32.4 Å². The molecule has 3 N–H and O–H groups in total. The standard InChI is InChI=1S/C15H20ClN3OS2/c1-3-15(4-2,9-17)19-13(20)7-10-8-21-14(18-10)11-5-6-12(16)22-11/h5-6,8H,3-4,7,9,17H2,1-2H3,(H,19,20). The number of thiophene rings is 1. The molecule has 0 saturated heterocycles. The highest BCUT2D eigenvalue weighted by Gasteiger charge is 2.26. The Labute approximate surface area is 143 Å². The first-order chi connectivity index (χ1) is 10.5. The predicted molar refractivity (Wildman–Crippen MR) is 94.7 cm³/mol. The number of nitrogens with one attached hydrogen (secondary N) is 1. The zero-order chi connectivity index (χ0) is 16.2. The number of amides is 1. The Kier molecular flexibility index (Phi) is 5.97. The van der Waals surface area contributed by atoms with Gasteiger partial charge in [-0.2, -0.15) is 0 Å². The fraction of sp³-hybridized carbons (Fsp3) is 0.467. The molecule has 0 spiro atoms. The fourth-order valence-corrected chi connectivity index (χ4v) is 4.14. The van der Waals surface area contributed by atoms with Crippen LogP contribution in [0.4, 0.5) is 0 Å². The Hall–Kier alpha value is -0.950. The van der Waals surface area contributed by atoms with Crippen LogP contribution in [0.2, 0.25) is 4.34 Å². The van der Waals surface area contributed by atoms with Gasteiger partial charge in [-0.25, -0.2) is 4.98 Å². The molecular weight excluding hydrogens is 338 g/mol. The van der Waals surface area contributed by atoms with E-state index in [-0.39, 0.29) is 17.9 Å². The Morgan fingerprint density at radius 1 is 1.41 bits per heavy atom. The fourth-order valence-electron chi connectivity index (χ4n) is 2.20. The number of halogens is 1. The molecular formula is C15H20ClN3OS2. The highest BCUT2D eigenvalue weighted by molar-refractivity contribution is 7.23. The van der Waals surface area contributed by atoms with Crippen molar-refractivity contribution in [3.63, 3.8) is 0 Å². The number of hydrogen-bond acceptors (Lipinski definition) is 5. The molecule has 0 radical (unpaired) electrons. The number of nitrogens with two attached hydrogens (primary N) is 1. The van der Waals surface area contributed by atoms with Gasteiger partial charge in [0.2, 0.25) is 5.91 Å². The van der Waals surface area contributed by atoms with Gasteiger partial charge in [0.1, 0.15) is 5.01 Å². The first kappa shape index (κ1) is 17.4. The topological polar surface area (TPSA) is 68.0 Å². The van der Waals surface area contributed by atoms with Gasteiger partial charge in [-0.15, -0.1) is 22.7 Å². The third-order valence-corrected chi connectivity index (χ3v) is 6.12. The lowest BCUT2D eigenvalue weighted by molar-refractivity contribution is -0.122. The first-order valence-electron chi connectivity index (χ1n) is 7.23. The number of carbonyl (C=O) groups excluding carboxylic acids is 1. The first-order valence-corrected chi connectivity index (χ1v) is 9.30. The van der Waals surface area contributed by atoms with Crippen LogP contribution >= 0.6 is 34.3 Å². The van der Waals surface area contributed by atoms with E-state index >= 15 is 0 Å². The highest BCUT2D eigenvalue weighted by Crippen LogP contribution is 2.33. The van der Waals surface area contributed by atoms with E-state index in [2.05, 4.69) is 10.3 Å². The second-order valence-corrected chi connectivity index (χ2v) is 7.74. The van der Waals surface area contributed by atoms with Crippen LogP contribution in [0.25, 0.3) is 9.88 Å². The number of carbonyl (C=O) groups is 1. The van der Waals surface area contributed by atoms with Crippen molar-refractivity contribution in [3.05, 3.63) is 27.5 Å². The van der Waals surface area contributed by atoms with Gasteiger partial charge in [-0.05, 0) is 25.0 Å². The van der Waals surface area contributed by atoms with E-state index in [1.807, 2.05) is 31.4 Å². The largest absolute Gasteiger partial charge is 0.349 e. The molecule has 0 saturated carbocycles. The minimum Gasteiger partial charge on any atom is -0.349 e. The van der Waals surface area contributed by atoms with E-state index in [1.165, 1.54) is 22.7 Å². The molecule has 2 heterocycles. The summed E-state index contributed by atoms with van der Waals surface area (Å²) in [5.41, 5.74) is 6.28. The molecule has 0 aliphatic carbocycles. The zero-order valence-corrected chi connectivity index (χ0v) is 15.1. The van der Waals surface area contributed by atoms with Crippen molar-refractivity contribution >= 4 is 40.2 Å². The Morgan fingerprint density at radius 3 is 2.68 bits per heavy atom. The SMILES string of the molecule is CCC(CC)(CN)NC(=O)Cc1csc(-c2ccc(Cl)s2)n1. The molecule has 0 atom stereocenters. The van der Waals surface area contributed by atoms with Crippen molar-refractivity contribution in [2.75, 3.05) is 6.54 Å². The average Bonchev–Trinajstić information content (AvgIpc) is 3.14. The number of nitrogens with zero attached hydrogens (tertiary/aromatic N) is 1. The summed E-state index contributed by atoms with van der Waals surface area (Å²) in [6, 6.07) is 3.80. The molecule has 1 amide bonds. The molecule has 2 rings (SSSR count). The van der Waals surface area contributed by atoms with Gasteiger partial charge < -0.3 is 11.1 Å². The lowest BCUT2D eigenvalue weighted by atomic mass is 9.92. The number of thiazole rings is 1. The third-order valence-electron chi connectivity index (χ3n) is 3.83. The summed E-state index contributed by atoms with van der Waals surface area (Å²) in [5, 5.41) is 5.88. The second-order valence-electron chi connectivity index (χ2n) is 5.16. The monoisotopic (exact) mass is 357 g/mol. The van der Waals surface area contributed by atoms with Crippen LogP contribution in [0.3, 0.4) is 0 Å². The van der Waals surface area contributed by atoms with Crippen LogP contribution in [0.5, 0.6) is 0 Å². The average molecular weight is 358 g/mol. The minimum absolute atomic E-state index is 0.0322. The molecule has 22 heavy (non-hydrogen) atoms. The summed E-state index contributed by atoms with van der Waals surface area (Å²) in [5.74, 6) is -0.0322. The van der Waals surface area contributed by atoms with E-state index in [0.717, 1.165) is 32.8 Å². The third kappa shape index (κ3) is 4.07. The maximum Gasteiger partial charge on any atom is 0.226 e. The van der Waals surface area contributed by atoms with Crippen LogP contribution < -0.4 is 11.1 Å². The van der Waals surface area contributed by atoms with E-state index in [9.17, 15) is 4.79 Å². The maximum atomic E-state index is 12.2. The number of hydrogen-bond donors (Lipinski definition) is 2. The molecule has 0 aromatic carbocycles. The highest BCUT2D eigenvalue weighted by atomic mass is 35.5. The van der Waals surface area contributed by atoms with Gasteiger partial charge in [-0.3, -0.25) is 4.79 Å². The summed E-state index contributed by atoms with van der Waals surface area (Å²) in [4.78, 5) is 17.8. The maximum absolute atomic E-state index is 12.2. The molecule has 2 aromatic heterocycles. The molecule has 120 valence electrons. The minimum atomic E-state index is -0.308. The lowest BCUT2D eigenvalue weighted by Gasteiger charge is -2.31. The van der Waals surface area contributed by atoms with Crippen molar-refractivity contribution in [3.8, 4) is 9.88 Å². The molecule has 7 heteroatoms. The van der Waals surface area contributed by atoms with Crippen molar-refractivity contribution in [2.24, 2.45) is 5.73 Å². The molecule has 2 aromatic rings. The summed E-state index contributed by atoms with van der Waals surface area (Å²) < 4.78 is 0.739. The quantitative estimate of drug-likeness (QED) is 0.793. The molecule has 4 nitrogen and oxygen atoms in total. The Bertz CT molecular complexity index is 626. The van der Waals surface area contributed by atoms with Crippen LogP contribution in [0.15, 0.2) is 17.5 Å². The summed E-state index contributed by atoms with van der Waals surface area (Å²) in [7, 11) is 0. The van der Waals surface area contributed by atoms with E-state index < -0.39 is 0 Å². The van der Waals surface area contributed by atoms with Gasteiger partial charge in [0, 0.05) is 11.9 Å². The smallest absolute Gasteiger partial charge is 0.226 e. The van der Waals surface area contributed by atoms with Crippen LogP contribution in [0, 0.1) is 0 Å². The van der Waals surface area contributed by atoms with Crippen molar-refractivity contribution in [2.45, 2.75) is 38.6 Å². The number of aromatic nitrogens is 1. The summed E-state index contributed by atoms with van der Waals surface area (Å²) in [6.45, 7) is 4.53. The normalized spacial score (nSPS) is 11.6. The van der Waals surface area contributed by atoms with Crippen LogP contribution in [-0.4, -0.2) is 23.0 Å². The zero-order valence-electron chi connectivity index (χ0n) is 12.7. The van der Waals surface area contributed by atoms with Gasteiger partial charge in [-0.1, -0.05) is 25.4 Å². The lowest BCUT2D eigenvalue weighted by Crippen LogP contribution is -2.53. The predicted octanol–water partition coefficient (Wildman–Crippen LogP) is 3.70. The van der Waals surface area contributed by atoms with Crippen LogP contribution in [-0.2, 0) is 11.2 Å². The molecule has 0 aliphatic rings. The molecule has 0 bridgehead atoms. The molecule has 0 aliphatic heterocycles. The van der Waals surface area contributed by atoms with E-state index in [0.29, 0.717) is 6.54 Å².